The predicted molar refractivity (Wildman–Crippen MR) is 104 cm³/mol. The number of hydrogen-bond donors (Lipinski definition) is 1. The second kappa shape index (κ2) is 8.40. The lowest BCUT2D eigenvalue weighted by atomic mass is 10.2. The van der Waals surface area contributed by atoms with Crippen LogP contribution >= 0.6 is 11.3 Å². The van der Waals surface area contributed by atoms with E-state index in [9.17, 15) is 19.7 Å². The number of anilines is 1. The van der Waals surface area contributed by atoms with Crippen LogP contribution in [0.15, 0.2) is 60.0 Å². The van der Waals surface area contributed by atoms with Gasteiger partial charge in [0.2, 0.25) is 0 Å². The highest BCUT2D eigenvalue weighted by atomic mass is 32.1. The molecular formula is C19H15N3O5S. The maximum atomic E-state index is 12.3. The number of thiazole rings is 1. The first kappa shape index (κ1) is 19.2. The van der Waals surface area contributed by atoms with Gasteiger partial charge < -0.3 is 4.74 Å². The van der Waals surface area contributed by atoms with Crippen molar-refractivity contribution in [2.24, 2.45) is 0 Å². The van der Waals surface area contributed by atoms with E-state index in [2.05, 4.69) is 10.3 Å². The Balaban J connectivity index is 1.59. The third-order valence-corrected chi connectivity index (χ3v) is 4.53. The molecule has 0 unspecified atom stereocenters. The average molecular weight is 397 g/mol. The number of nitro benzene ring substituents is 1. The van der Waals surface area contributed by atoms with Crippen LogP contribution in [0, 0.1) is 10.1 Å². The summed E-state index contributed by atoms with van der Waals surface area (Å²) in [5.41, 5.74) is 1.64. The molecule has 0 aliphatic carbocycles. The molecule has 0 aliphatic rings. The summed E-state index contributed by atoms with van der Waals surface area (Å²) in [6.07, 6.45) is -1.06. The van der Waals surface area contributed by atoms with Crippen molar-refractivity contribution in [3.63, 3.8) is 0 Å². The standard InChI is InChI=1S/C19H15N3O5S/c1-12(27-18(24)14-7-9-15(10-8-14)22(25)26)17(23)21-19-20-16(11-28-19)13-5-3-2-4-6-13/h2-12H,1H3,(H,20,21,23)/t12-/m0/s1. The Hall–Kier alpha value is -3.59. The highest BCUT2D eigenvalue weighted by Crippen LogP contribution is 2.24. The lowest BCUT2D eigenvalue weighted by Crippen LogP contribution is -2.29. The lowest BCUT2D eigenvalue weighted by molar-refractivity contribution is -0.384. The Labute approximate surface area is 164 Å². The molecule has 0 radical (unpaired) electrons. The number of amides is 1. The second-order valence-electron chi connectivity index (χ2n) is 5.74. The first-order valence-corrected chi connectivity index (χ1v) is 9.09. The first-order chi connectivity index (χ1) is 13.4. The van der Waals surface area contributed by atoms with Crippen LogP contribution in [0.25, 0.3) is 11.3 Å². The maximum absolute atomic E-state index is 12.3. The van der Waals surface area contributed by atoms with Gasteiger partial charge in [-0.05, 0) is 19.1 Å². The van der Waals surface area contributed by atoms with Gasteiger partial charge in [-0.1, -0.05) is 30.3 Å². The van der Waals surface area contributed by atoms with E-state index in [4.69, 9.17) is 4.74 Å². The number of benzene rings is 2. The van der Waals surface area contributed by atoms with Gasteiger partial charge in [0.1, 0.15) is 0 Å². The Morgan fingerprint density at radius 1 is 1.14 bits per heavy atom. The minimum atomic E-state index is -1.06. The van der Waals surface area contributed by atoms with Crippen LogP contribution in [-0.2, 0) is 9.53 Å². The number of hydrogen-bond acceptors (Lipinski definition) is 7. The first-order valence-electron chi connectivity index (χ1n) is 8.21. The fraction of sp³-hybridized carbons (Fsp3) is 0.105. The van der Waals surface area contributed by atoms with Crippen LogP contribution < -0.4 is 5.32 Å². The van der Waals surface area contributed by atoms with Gasteiger partial charge in [-0.3, -0.25) is 20.2 Å². The molecule has 0 saturated heterocycles. The van der Waals surface area contributed by atoms with Crippen LogP contribution in [-0.4, -0.2) is 27.9 Å². The normalized spacial score (nSPS) is 11.5. The molecule has 0 aliphatic heterocycles. The van der Waals surface area contributed by atoms with E-state index in [1.165, 1.54) is 42.5 Å². The fourth-order valence-electron chi connectivity index (χ4n) is 2.28. The molecule has 2 aromatic carbocycles. The molecule has 1 heterocycles. The number of nitrogens with zero attached hydrogens (tertiary/aromatic N) is 2. The summed E-state index contributed by atoms with van der Waals surface area (Å²) >= 11 is 1.26. The zero-order chi connectivity index (χ0) is 20.1. The van der Waals surface area contributed by atoms with Gasteiger partial charge >= 0.3 is 5.97 Å². The minimum Gasteiger partial charge on any atom is -0.449 e. The zero-order valence-electron chi connectivity index (χ0n) is 14.7. The summed E-state index contributed by atoms with van der Waals surface area (Å²) in [6, 6.07) is 14.5. The number of carbonyl (C=O) groups is 2. The highest BCUT2D eigenvalue weighted by Gasteiger charge is 2.20. The predicted octanol–water partition coefficient (Wildman–Crippen LogP) is 3.90. The van der Waals surface area contributed by atoms with E-state index < -0.39 is 22.9 Å². The Bertz CT molecular complexity index is 1000. The van der Waals surface area contributed by atoms with Crippen molar-refractivity contribution in [1.29, 1.82) is 0 Å². The van der Waals surface area contributed by atoms with Crippen LogP contribution in [0.2, 0.25) is 0 Å². The van der Waals surface area contributed by atoms with E-state index >= 15 is 0 Å². The number of non-ortho nitro benzene ring substituents is 1. The van der Waals surface area contributed by atoms with Gasteiger partial charge in [0, 0.05) is 23.1 Å². The second-order valence-corrected chi connectivity index (χ2v) is 6.60. The van der Waals surface area contributed by atoms with Crippen LogP contribution in [0.3, 0.4) is 0 Å². The van der Waals surface area contributed by atoms with E-state index in [0.717, 1.165) is 11.3 Å². The maximum Gasteiger partial charge on any atom is 0.338 e. The molecule has 142 valence electrons. The summed E-state index contributed by atoms with van der Waals surface area (Å²) in [7, 11) is 0. The van der Waals surface area contributed by atoms with E-state index in [1.807, 2.05) is 35.7 Å². The molecular weight excluding hydrogens is 382 g/mol. The Kier molecular flexibility index (Phi) is 5.75. The van der Waals surface area contributed by atoms with Gasteiger partial charge in [0.25, 0.3) is 11.6 Å². The molecule has 1 amide bonds. The number of ether oxygens (including phenoxy) is 1. The van der Waals surface area contributed by atoms with Crippen molar-refractivity contribution in [3.8, 4) is 11.3 Å². The Morgan fingerprint density at radius 3 is 2.46 bits per heavy atom. The highest BCUT2D eigenvalue weighted by molar-refractivity contribution is 7.14. The molecule has 0 bridgehead atoms. The van der Waals surface area contributed by atoms with Gasteiger partial charge in [0.15, 0.2) is 11.2 Å². The summed E-state index contributed by atoms with van der Waals surface area (Å²) in [5.74, 6) is -1.27. The SMILES string of the molecule is C[C@H](OC(=O)c1ccc([N+](=O)[O-])cc1)C(=O)Nc1nc(-c2ccccc2)cs1. The topological polar surface area (TPSA) is 111 Å². The number of nitro groups is 1. The molecule has 8 nitrogen and oxygen atoms in total. The van der Waals surface area contributed by atoms with Crippen molar-refractivity contribution < 1.29 is 19.2 Å². The van der Waals surface area contributed by atoms with Crippen LogP contribution in [0.1, 0.15) is 17.3 Å². The molecule has 0 fully saturated rings. The molecule has 0 spiro atoms. The summed E-state index contributed by atoms with van der Waals surface area (Å²) in [6.45, 7) is 1.43. The smallest absolute Gasteiger partial charge is 0.338 e. The fourth-order valence-corrected chi connectivity index (χ4v) is 3.00. The third kappa shape index (κ3) is 4.57. The van der Waals surface area contributed by atoms with E-state index in [0.29, 0.717) is 5.13 Å². The molecule has 28 heavy (non-hydrogen) atoms. The number of esters is 1. The monoisotopic (exact) mass is 397 g/mol. The van der Waals surface area contributed by atoms with Crippen molar-refractivity contribution in [2.45, 2.75) is 13.0 Å². The van der Waals surface area contributed by atoms with Gasteiger partial charge in [0.05, 0.1) is 16.2 Å². The van der Waals surface area contributed by atoms with Crippen molar-refractivity contribution in [1.82, 2.24) is 4.98 Å². The molecule has 1 aromatic heterocycles. The minimum absolute atomic E-state index is 0.117. The van der Waals surface area contributed by atoms with Gasteiger partial charge in [-0.2, -0.15) is 0 Å². The van der Waals surface area contributed by atoms with Gasteiger partial charge in [-0.15, -0.1) is 11.3 Å². The summed E-state index contributed by atoms with van der Waals surface area (Å²) in [5, 5.41) is 15.5. The average Bonchev–Trinajstić information content (AvgIpc) is 3.17. The van der Waals surface area contributed by atoms with Crippen molar-refractivity contribution in [3.05, 3.63) is 75.7 Å². The van der Waals surface area contributed by atoms with E-state index in [1.54, 1.807) is 0 Å². The molecule has 3 rings (SSSR count). The van der Waals surface area contributed by atoms with Crippen molar-refractivity contribution >= 4 is 34.0 Å². The molecule has 1 N–H and O–H groups in total. The number of rotatable bonds is 6. The quantitative estimate of drug-likeness (QED) is 0.383. The molecule has 9 heteroatoms. The molecule has 0 saturated carbocycles. The lowest BCUT2D eigenvalue weighted by Gasteiger charge is -2.12. The number of nitrogens with one attached hydrogen (secondary N) is 1. The van der Waals surface area contributed by atoms with E-state index in [-0.39, 0.29) is 11.3 Å². The van der Waals surface area contributed by atoms with Gasteiger partial charge in [-0.25, -0.2) is 9.78 Å². The third-order valence-electron chi connectivity index (χ3n) is 3.77. The summed E-state index contributed by atoms with van der Waals surface area (Å²) in [4.78, 5) is 38.8. The molecule has 1 atom stereocenters. The number of aromatic nitrogens is 1. The zero-order valence-corrected chi connectivity index (χ0v) is 15.5. The van der Waals surface area contributed by atoms with Crippen LogP contribution in [0.4, 0.5) is 10.8 Å². The summed E-state index contributed by atoms with van der Waals surface area (Å²) < 4.78 is 5.12. The van der Waals surface area contributed by atoms with Crippen molar-refractivity contribution in [2.75, 3.05) is 5.32 Å². The molecule has 3 aromatic rings. The largest absolute Gasteiger partial charge is 0.449 e. The Morgan fingerprint density at radius 2 is 1.82 bits per heavy atom. The van der Waals surface area contributed by atoms with Crippen LogP contribution in [0.5, 0.6) is 0 Å². The number of carbonyl (C=O) groups excluding carboxylic acids is 2.